The van der Waals surface area contributed by atoms with E-state index in [-0.39, 0.29) is 5.60 Å². The van der Waals surface area contributed by atoms with Crippen molar-refractivity contribution in [2.75, 3.05) is 0 Å². The molecule has 0 aliphatic rings. The maximum Gasteiger partial charge on any atom is 0.120 e. The van der Waals surface area contributed by atoms with E-state index < -0.39 is 0 Å². The zero-order valence-corrected chi connectivity index (χ0v) is 11.0. The van der Waals surface area contributed by atoms with Crippen LogP contribution in [-0.4, -0.2) is 15.6 Å². The number of hydrogen-bond acceptors (Lipinski definition) is 3. The standard InChI is InChI=1S/C14H19N3O/c1-14(2,3)18-11-6-4-10(5-7-11)12-9-16-13(8-15)17-12/h4-7,9H,8,15H2,1-3H3,(H,16,17). The lowest BCUT2D eigenvalue weighted by molar-refractivity contribution is 0.131. The van der Waals surface area contributed by atoms with Crippen molar-refractivity contribution >= 4 is 0 Å². The smallest absolute Gasteiger partial charge is 0.120 e. The molecule has 0 spiro atoms. The summed E-state index contributed by atoms with van der Waals surface area (Å²) in [4.78, 5) is 7.35. The van der Waals surface area contributed by atoms with Gasteiger partial charge in [-0.15, -0.1) is 0 Å². The van der Waals surface area contributed by atoms with Crippen LogP contribution < -0.4 is 10.5 Å². The zero-order valence-electron chi connectivity index (χ0n) is 11.0. The van der Waals surface area contributed by atoms with Crippen LogP contribution in [0, 0.1) is 0 Å². The number of aromatic nitrogens is 2. The van der Waals surface area contributed by atoms with E-state index in [0.717, 1.165) is 22.8 Å². The van der Waals surface area contributed by atoms with Crippen LogP contribution in [0.15, 0.2) is 30.5 Å². The first-order valence-electron chi connectivity index (χ1n) is 6.01. The molecule has 0 atom stereocenters. The SMILES string of the molecule is CC(C)(C)Oc1ccc(-c2cnc(CN)[nH]2)cc1. The Hall–Kier alpha value is -1.81. The van der Waals surface area contributed by atoms with Crippen molar-refractivity contribution in [3.05, 3.63) is 36.3 Å². The Morgan fingerprint density at radius 3 is 2.39 bits per heavy atom. The van der Waals surface area contributed by atoms with Gasteiger partial charge in [0, 0.05) is 0 Å². The molecule has 3 N–H and O–H groups in total. The molecular formula is C14H19N3O. The first-order valence-corrected chi connectivity index (χ1v) is 6.01. The molecule has 0 radical (unpaired) electrons. The van der Waals surface area contributed by atoms with Crippen LogP contribution >= 0.6 is 0 Å². The van der Waals surface area contributed by atoms with Gasteiger partial charge >= 0.3 is 0 Å². The highest BCUT2D eigenvalue weighted by Gasteiger charge is 2.11. The minimum atomic E-state index is -0.178. The summed E-state index contributed by atoms with van der Waals surface area (Å²) in [5.41, 5.74) is 7.39. The molecule has 0 unspecified atom stereocenters. The molecule has 0 aliphatic heterocycles. The predicted octanol–water partition coefficient (Wildman–Crippen LogP) is 2.71. The third-order valence-electron chi connectivity index (χ3n) is 2.41. The van der Waals surface area contributed by atoms with Gasteiger partial charge in [-0.05, 0) is 50.6 Å². The molecule has 1 aromatic carbocycles. The molecule has 96 valence electrons. The van der Waals surface area contributed by atoms with Crippen molar-refractivity contribution in [2.24, 2.45) is 5.73 Å². The second-order valence-electron chi connectivity index (χ2n) is 5.19. The van der Waals surface area contributed by atoms with E-state index in [4.69, 9.17) is 10.5 Å². The average Bonchev–Trinajstić information content (AvgIpc) is 2.76. The van der Waals surface area contributed by atoms with Gasteiger partial charge in [0.05, 0.1) is 18.4 Å². The first kappa shape index (κ1) is 12.6. The monoisotopic (exact) mass is 245 g/mol. The summed E-state index contributed by atoms with van der Waals surface area (Å²) in [5, 5.41) is 0. The quantitative estimate of drug-likeness (QED) is 0.873. The maximum atomic E-state index is 5.77. The van der Waals surface area contributed by atoms with Gasteiger partial charge in [0.1, 0.15) is 17.2 Å². The number of nitrogens with zero attached hydrogens (tertiary/aromatic N) is 1. The van der Waals surface area contributed by atoms with Crippen molar-refractivity contribution in [3.63, 3.8) is 0 Å². The lowest BCUT2D eigenvalue weighted by Gasteiger charge is -2.21. The number of hydrogen-bond donors (Lipinski definition) is 2. The van der Waals surface area contributed by atoms with Crippen LogP contribution in [0.1, 0.15) is 26.6 Å². The summed E-state index contributed by atoms with van der Waals surface area (Å²) in [6.07, 6.45) is 1.79. The third-order valence-corrected chi connectivity index (χ3v) is 2.41. The number of imidazole rings is 1. The fraction of sp³-hybridized carbons (Fsp3) is 0.357. The normalized spacial score (nSPS) is 11.6. The number of benzene rings is 1. The van der Waals surface area contributed by atoms with E-state index in [2.05, 4.69) is 9.97 Å². The number of nitrogens with one attached hydrogen (secondary N) is 1. The molecule has 4 heteroatoms. The third kappa shape index (κ3) is 3.11. The minimum absolute atomic E-state index is 0.178. The molecule has 4 nitrogen and oxygen atoms in total. The molecular weight excluding hydrogens is 226 g/mol. The Kier molecular flexibility index (Phi) is 3.39. The summed E-state index contributed by atoms with van der Waals surface area (Å²) in [6.45, 7) is 6.52. The Morgan fingerprint density at radius 1 is 1.22 bits per heavy atom. The minimum Gasteiger partial charge on any atom is -0.488 e. The first-order chi connectivity index (χ1) is 8.48. The number of aromatic amines is 1. The second-order valence-corrected chi connectivity index (χ2v) is 5.19. The Balaban J connectivity index is 2.17. The Labute approximate surface area is 107 Å². The molecule has 18 heavy (non-hydrogen) atoms. The molecule has 0 saturated heterocycles. The van der Waals surface area contributed by atoms with Crippen LogP contribution in [-0.2, 0) is 6.54 Å². The number of nitrogens with two attached hydrogens (primary N) is 1. The van der Waals surface area contributed by atoms with Gasteiger partial charge in [-0.25, -0.2) is 4.98 Å². The fourth-order valence-electron chi connectivity index (χ4n) is 1.67. The lowest BCUT2D eigenvalue weighted by Crippen LogP contribution is -2.22. The summed E-state index contributed by atoms with van der Waals surface area (Å²) in [6, 6.07) is 7.94. The van der Waals surface area contributed by atoms with Crippen LogP contribution in [0.3, 0.4) is 0 Å². The van der Waals surface area contributed by atoms with Crippen LogP contribution in [0.2, 0.25) is 0 Å². The summed E-state index contributed by atoms with van der Waals surface area (Å²) in [7, 11) is 0. The topological polar surface area (TPSA) is 63.9 Å². The van der Waals surface area contributed by atoms with Crippen molar-refractivity contribution in [1.29, 1.82) is 0 Å². The van der Waals surface area contributed by atoms with Crippen LogP contribution in [0.4, 0.5) is 0 Å². The number of ether oxygens (including phenoxy) is 1. The van der Waals surface area contributed by atoms with Crippen molar-refractivity contribution in [1.82, 2.24) is 9.97 Å². The maximum absolute atomic E-state index is 5.77. The van der Waals surface area contributed by atoms with Crippen molar-refractivity contribution in [3.8, 4) is 17.0 Å². The van der Waals surface area contributed by atoms with Crippen LogP contribution in [0.25, 0.3) is 11.3 Å². The summed E-state index contributed by atoms with van der Waals surface area (Å²) >= 11 is 0. The van der Waals surface area contributed by atoms with E-state index in [1.807, 2.05) is 45.0 Å². The highest BCUT2D eigenvalue weighted by Crippen LogP contribution is 2.23. The van der Waals surface area contributed by atoms with E-state index in [0.29, 0.717) is 6.54 Å². The molecule has 2 aromatic rings. The van der Waals surface area contributed by atoms with Crippen molar-refractivity contribution in [2.45, 2.75) is 32.9 Å². The van der Waals surface area contributed by atoms with Gasteiger partial charge in [0.25, 0.3) is 0 Å². The lowest BCUT2D eigenvalue weighted by atomic mass is 10.1. The van der Waals surface area contributed by atoms with Gasteiger partial charge in [0.2, 0.25) is 0 Å². The van der Waals surface area contributed by atoms with E-state index in [1.165, 1.54) is 0 Å². The molecule has 0 bridgehead atoms. The van der Waals surface area contributed by atoms with E-state index in [1.54, 1.807) is 6.20 Å². The van der Waals surface area contributed by atoms with Gasteiger partial charge in [-0.2, -0.15) is 0 Å². The van der Waals surface area contributed by atoms with Gasteiger partial charge in [0.15, 0.2) is 0 Å². The van der Waals surface area contributed by atoms with E-state index >= 15 is 0 Å². The Bertz CT molecular complexity index is 509. The van der Waals surface area contributed by atoms with Crippen LogP contribution in [0.5, 0.6) is 5.75 Å². The van der Waals surface area contributed by atoms with Crippen molar-refractivity contribution < 1.29 is 4.74 Å². The molecule has 2 rings (SSSR count). The molecule has 0 fully saturated rings. The second kappa shape index (κ2) is 4.82. The highest BCUT2D eigenvalue weighted by atomic mass is 16.5. The number of H-pyrrole nitrogens is 1. The number of rotatable bonds is 3. The fourth-order valence-corrected chi connectivity index (χ4v) is 1.67. The Morgan fingerprint density at radius 2 is 1.89 bits per heavy atom. The molecule has 1 heterocycles. The predicted molar refractivity (Wildman–Crippen MR) is 72.3 cm³/mol. The molecule has 0 saturated carbocycles. The molecule has 0 amide bonds. The van der Waals surface area contributed by atoms with E-state index in [9.17, 15) is 0 Å². The summed E-state index contributed by atoms with van der Waals surface area (Å²) < 4.78 is 5.77. The average molecular weight is 245 g/mol. The molecule has 0 aliphatic carbocycles. The van der Waals surface area contributed by atoms with Gasteiger partial charge in [-0.1, -0.05) is 0 Å². The van der Waals surface area contributed by atoms with Gasteiger partial charge < -0.3 is 15.5 Å². The summed E-state index contributed by atoms with van der Waals surface area (Å²) in [5.74, 6) is 1.66. The largest absolute Gasteiger partial charge is 0.488 e. The highest BCUT2D eigenvalue weighted by molar-refractivity contribution is 5.59. The van der Waals surface area contributed by atoms with Gasteiger partial charge in [-0.3, -0.25) is 0 Å². The molecule has 1 aromatic heterocycles. The zero-order chi connectivity index (χ0) is 13.2.